The third kappa shape index (κ3) is 2.83. The van der Waals surface area contributed by atoms with Crippen LogP contribution in [0, 0.1) is 5.82 Å². The molecule has 0 spiro atoms. The molecule has 2 aromatic carbocycles. The quantitative estimate of drug-likeness (QED) is 0.834. The van der Waals surface area contributed by atoms with Crippen molar-refractivity contribution in [2.45, 2.75) is 12.8 Å². The summed E-state index contributed by atoms with van der Waals surface area (Å²) in [6.07, 6.45) is 1.66. The Labute approximate surface area is 94.2 Å². The minimum absolute atomic E-state index is 0.191. The molecule has 2 heteroatoms. The monoisotopic (exact) mass is 216 g/mol. The van der Waals surface area contributed by atoms with Gasteiger partial charge in [0.2, 0.25) is 0 Å². The lowest BCUT2D eigenvalue weighted by molar-refractivity contribution is 0.475. The summed E-state index contributed by atoms with van der Waals surface area (Å²) in [5.41, 5.74) is 2.13. The Hall–Kier alpha value is -1.83. The van der Waals surface area contributed by atoms with Crippen molar-refractivity contribution in [2.24, 2.45) is 0 Å². The number of benzene rings is 2. The van der Waals surface area contributed by atoms with E-state index in [1.165, 1.54) is 6.07 Å². The van der Waals surface area contributed by atoms with E-state index >= 15 is 0 Å². The van der Waals surface area contributed by atoms with Gasteiger partial charge in [0.25, 0.3) is 0 Å². The SMILES string of the molecule is Oc1ccc(CCc2cccc(F)c2)cc1. The highest BCUT2D eigenvalue weighted by atomic mass is 19.1. The summed E-state index contributed by atoms with van der Waals surface area (Å²) in [6.45, 7) is 0. The highest BCUT2D eigenvalue weighted by Crippen LogP contribution is 2.12. The van der Waals surface area contributed by atoms with Crippen molar-refractivity contribution in [3.8, 4) is 5.75 Å². The van der Waals surface area contributed by atoms with Gasteiger partial charge in [-0.25, -0.2) is 4.39 Å². The molecule has 0 fully saturated rings. The number of rotatable bonds is 3. The molecule has 16 heavy (non-hydrogen) atoms. The van der Waals surface area contributed by atoms with Gasteiger partial charge in [-0.05, 0) is 48.2 Å². The van der Waals surface area contributed by atoms with Crippen LogP contribution in [-0.4, -0.2) is 5.11 Å². The van der Waals surface area contributed by atoms with Crippen molar-refractivity contribution >= 4 is 0 Å². The average molecular weight is 216 g/mol. The van der Waals surface area contributed by atoms with Crippen LogP contribution >= 0.6 is 0 Å². The molecule has 0 bridgehead atoms. The summed E-state index contributed by atoms with van der Waals surface area (Å²) >= 11 is 0. The third-order valence-corrected chi connectivity index (χ3v) is 2.53. The molecule has 0 amide bonds. The van der Waals surface area contributed by atoms with E-state index in [4.69, 9.17) is 5.11 Å². The standard InChI is InChI=1S/C14H13FO/c15-13-3-1-2-12(10-13)5-4-11-6-8-14(16)9-7-11/h1-3,6-10,16H,4-5H2. The lowest BCUT2D eigenvalue weighted by Crippen LogP contribution is -1.91. The summed E-state index contributed by atoms with van der Waals surface area (Å²) in [4.78, 5) is 0. The second-order valence-corrected chi connectivity index (χ2v) is 3.80. The Bertz CT molecular complexity index is 462. The largest absolute Gasteiger partial charge is 0.508 e. The third-order valence-electron chi connectivity index (χ3n) is 2.53. The molecule has 0 aromatic heterocycles. The minimum atomic E-state index is -0.191. The number of phenolic OH excluding ortho intramolecular Hbond substituents is 1. The van der Waals surface area contributed by atoms with Crippen LogP contribution in [0.2, 0.25) is 0 Å². The Morgan fingerprint density at radius 2 is 1.56 bits per heavy atom. The van der Waals surface area contributed by atoms with Crippen molar-refractivity contribution in [2.75, 3.05) is 0 Å². The lowest BCUT2D eigenvalue weighted by atomic mass is 10.0. The Balaban J connectivity index is 1.99. The van der Waals surface area contributed by atoms with Crippen molar-refractivity contribution < 1.29 is 9.50 Å². The number of aromatic hydroxyl groups is 1. The molecule has 0 heterocycles. The fraction of sp³-hybridized carbons (Fsp3) is 0.143. The van der Waals surface area contributed by atoms with Crippen molar-refractivity contribution in [1.29, 1.82) is 0 Å². The molecule has 1 N–H and O–H groups in total. The van der Waals surface area contributed by atoms with Gasteiger partial charge in [0.05, 0.1) is 0 Å². The summed E-state index contributed by atoms with van der Waals surface area (Å²) in [6, 6.07) is 13.8. The summed E-state index contributed by atoms with van der Waals surface area (Å²) < 4.78 is 12.9. The molecular weight excluding hydrogens is 203 g/mol. The first-order valence-corrected chi connectivity index (χ1v) is 5.26. The van der Waals surface area contributed by atoms with Crippen LogP contribution in [0.4, 0.5) is 4.39 Å². The first kappa shape index (κ1) is 10.7. The predicted molar refractivity (Wildman–Crippen MR) is 61.9 cm³/mol. The van der Waals surface area contributed by atoms with E-state index in [0.717, 1.165) is 24.0 Å². The smallest absolute Gasteiger partial charge is 0.123 e. The van der Waals surface area contributed by atoms with Gasteiger partial charge >= 0.3 is 0 Å². The van der Waals surface area contributed by atoms with Crippen molar-refractivity contribution in [1.82, 2.24) is 0 Å². The number of phenols is 1. The molecule has 1 nitrogen and oxygen atoms in total. The Morgan fingerprint density at radius 1 is 0.875 bits per heavy atom. The van der Waals surface area contributed by atoms with Crippen molar-refractivity contribution in [3.05, 3.63) is 65.5 Å². The number of hydrogen-bond acceptors (Lipinski definition) is 1. The molecule has 0 aliphatic heterocycles. The van der Waals surface area contributed by atoms with Gasteiger partial charge in [0.15, 0.2) is 0 Å². The number of aryl methyl sites for hydroxylation is 2. The van der Waals surface area contributed by atoms with E-state index in [9.17, 15) is 4.39 Å². The van der Waals surface area contributed by atoms with Gasteiger partial charge in [-0.2, -0.15) is 0 Å². The first-order valence-electron chi connectivity index (χ1n) is 5.26. The molecule has 2 aromatic rings. The maximum atomic E-state index is 12.9. The molecule has 0 aliphatic carbocycles. The first-order chi connectivity index (χ1) is 7.74. The van der Waals surface area contributed by atoms with E-state index < -0.39 is 0 Å². The molecule has 0 aliphatic rings. The molecular formula is C14H13FO. The zero-order valence-electron chi connectivity index (χ0n) is 8.86. The van der Waals surface area contributed by atoms with Gasteiger partial charge in [-0.15, -0.1) is 0 Å². The van der Waals surface area contributed by atoms with Gasteiger partial charge < -0.3 is 5.11 Å². The molecule has 0 unspecified atom stereocenters. The summed E-state index contributed by atoms with van der Waals surface area (Å²) in [7, 11) is 0. The highest BCUT2D eigenvalue weighted by Gasteiger charge is 1.97. The maximum absolute atomic E-state index is 12.9. The number of halogens is 1. The molecule has 0 saturated carbocycles. The van der Waals surface area contributed by atoms with E-state index in [1.807, 2.05) is 18.2 Å². The fourth-order valence-corrected chi connectivity index (χ4v) is 1.64. The molecule has 0 saturated heterocycles. The number of hydrogen-bond donors (Lipinski definition) is 1. The van der Waals surface area contributed by atoms with Gasteiger partial charge in [0, 0.05) is 0 Å². The second kappa shape index (κ2) is 4.79. The van der Waals surface area contributed by atoms with E-state index in [2.05, 4.69) is 0 Å². The van der Waals surface area contributed by atoms with Gasteiger partial charge in [-0.1, -0.05) is 24.3 Å². The van der Waals surface area contributed by atoms with Crippen molar-refractivity contribution in [3.63, 3.8) is 0 Å². The van der Waals surface area contributed by atoms with E-state index in [1.54, 1.807) is 24.3 Å². The average Bonchev–Trinajstić information content (AvgIpc) is 2.28. The fourth-order valence-electron chi connectivity index (χ4n) is 1.64. The zero-order chi connectivity index (χ0) is 11.4. The molecule has 0 radical (unpaired) electrons. The highest BCUT2D eigenvalue weighted by molar-refractivity contribution is 5.27. The van der Waals surface area contributed by atoms with Crippen LogP contribution in [0.1, 0.15) is 11.1 Å². The van der Waals surface area contributed by atoms with Crippen LogP contribution in [-0.2, 0) is 12.8 Å². The second-order valence-electron chi connectivity index (χ2n) is 3.80. The van der Waals surface area contributed by atoms with Crippen LogP contribution in [0.15, 0.2) is 48.5 Å². The predicted octanol–water partition coefficient (Wildman–Crippen LogP) is 3.32. The Morgan fingerprint density at radius 3 is 2.25 bits per heavy atom. The normalized spacial score (nSPS) is 10.3. The van der Waals surface area contributed by atoms with Crippen LogP contribution < -0.4 is 0 Å². The molecule has 82 valence electrons. The Kier molecular flexibility index (Phi) is 3.20. The molecule has 2 rings (SSSR count). The van der Waals surface area contributed by atoms with Crippen LogP contribution in [0.5, 0.6) is 5.75 Å². The minimum Gasteiger partial charge on any atom is -0.508 e. The van der Waals surface area contributed by atoms with Gasteiger partial charge in [0.1, 0.15) is 11.6 Å². The van der Waals surface area contributed by atoms with E-state index in [0.29, 0.717) is 0 Å². The van der Waals surface area contributed by atoms with Gasteiger partial charge in [-0.3, -0.25) is 0 Å². The maximum Gasteiger partial charge on any atom is 0.123 e. The molecule has 0 atom stereocenters. The lowest BCUT2D eigenvalue weighted by Gasteiger charge is -2.02. The topological polar surface area (TPSA) is 20.2 Å². The summed E-state index contributed by atoms with van der Waals surface area (Å²) in [5.74, 6) is 0.0812. The van der Waals surface area contributed by atoms with E-state index in [-0.39, 0.29) is 11.6 Å². The zero-order valence-corrected chi connectivity index (χ0v) is 8.86. The van der Waals surface area contributed by atoms with Crippen LogP contribution in [0.25, 0.3) is 0 Å². The van der Waals surface area contributed by atoms with Crippen LogP contribution in [0.3, 0.4) is 0 Å². The summed E-state index contributed by atoms with van der Waals surface area (Å²) in [5, 5.41) is 9.13.